The highest BCUT2D eigenvalue weighted by Gasteiger charge is 2.24. The lowest BCUT2D eigenvalue weighted by Crippen LogP contribution is -2.49. The molecule has 6 nitrogen and oxygen atoms in total. The van der Waals surface area contributed by atoms with Crippen LogP contribution in [0.2, 0.25) is 0 Å². The van der Waals surface area contributed by atoms with Gasteiger partial charge in [0.1, 0.15) is 29.8 Å². The summed E-state index contributed by atoms with van der Waals surface area (Å²) in [4.78, 5) is 16.7. The number of ether oxygens (including phenoxy) is 1. The smallest absolute Gasteiger partial charge is 0.254 e. The molecule has 0 bridgehead atoms. The van der Waals surface area contributed by atoms with Crippen molar-refractivity contribution < 1.29 is 13.9 Å². The van der Waals surface area contributed by atoms with Crippen LogP contribution in [0, 0.1) is 28.5 Å². The zero-order valence-electron chi connectivity index (χ0n) is 17.9. The fraction of sp³-hybridized carbons (Fsp3) is 0.192. The minimum atomic E-state index is -0.539. The van der Waals surface area contributed by atoms with Crippen LogP contribution in [0.25, 0.3) is 0 Å². The normalized spacial score (nSPS) is 13.2. The standard InChI is InChI=1S/C26H21FN4O2/c27-24-9-4-10-25(23(24)17-29)30-11-13-31(14-12-30)26(32)19-7-3-8-22(15-19)33-18-21-6-2-1-5-20(21)16-28/h1-10,15H,11-14,18H2. The van der Waals surface area contributed by atoms with E-state index in [4.69, 9.17) is 4.74 Å². The van der Waals surface area contributed by atoms with Gasteiger partial charge in [-0.2, -0.15) is 10.5 Å². The van der Waals surface area contributed by atoms with E-state index < -0.39 is 5.82 Å². The van der Waals surface area contributed by atoms with Gasteiger partial charge in [0.05, 0.1) is 17.3 Å². The number of carbonyl (C=O) groups excluding carboxylic acids is 1. The number of nitrogens with zero attached hydrogens (tertiary/aromatic N) is 4. The molecule has 1 aliphatic heterocycles. The van der Waals surface area contributed by atoms with E-state index in [1.54, 1.807) is 53.4 Å². The topological polar surface area (TPSA) is 80.4 Å². The van der Waals surface area contributed by atoms with Crippen molar-refractivity contribution in [3.8, 4) is 17.9 Å². The third kappa shape index (κ3) is 4.78. The Bertz CT molecular complexity index is 1250. The number of carbonyl (C=O) groups is 1. The molecule has 0 N–H and O–H groups in total. The van der Waals surface area contributed by atoms with E-state index in [1.807, 2.05) is 23.1 Å². The van der Waals surface area contributed by atoms with Gasteiger partial charge in [0.25, 0.3) is 5.91 Å². The van der Waals surface area contributed by atoms with Crippen molar-refractivity contribution in [3.63, 3.8) is 0 Å². The van der Waals surface area contributed by atoms with E-state index in [1.165, 1.54) is 6.07 Å². The first-order chi connectivity index (χ1) is 16.1. The maximum Gasteiger partial charge on any atom is 0.254 e. The second kappa shape index (κ2) is 9.84. The summed E-state index contributed by atoms with van der Waals surface area (Å²) in [6.07, 6.45) is 0. The van der Waals surface area contributed by atoms with Crippen LogP contribution in [0.4, 0.5) is 10.1 Å². The third-order valence-electron chi connectivity index (χ3n) is 5.62. The molecule has 1 fully saturated rings. The maximum atomic E-state index is 13.9. The van der Waals surface area contributed by atoms with Crippen LogP contribution in [0.1, 0.15) is 27.0 Å². The number of hydrogen-bond acceptors (Lipinski definition) is 5. The van der Waals surface area contributed by atoms with Gasteiger partial charge in [0.15, 0.2) is 0 Å². The highest BCUT2D eigenvalue weighted by Crippen LogP contribution is 2.24. The lowest BCUT2D eigenvalue weighted by atomic mass is 10.1. The Hall–Kier alpha value is -4.36. The molecule has 1 heterocycles. The molecule has 1 saturated heterocycles. The monoisotopic (exact) mass is 440 g/mol. The molecule has 0 atom stereocenters. The molecule has 164 valence electrons. The molecule has 3 aromatic carbocycles. The summed E-state index contributed by atoms with van der Waals surface area (Å²) in [5.41, 5.74) is 2.43. The zero-order valence-corrected chi connectivity index (χ0v) is 17.9. The van der Waals surface area contributed by atoms with Crippen molar-refractivity contribution in [2.45, 2.75) is 6.61 Å². The van der Waals surface area contributed by atoms with Crippen molar-refractivity contribution in [2.75, 3.05) is 31.1 Å². The molecule has 1 amide bonds. The Morgan fingerprint density at radius 1 is 0.939 bits per heavy atom. The third-order valence-corrected chi connectivity index (χ3v) is 5.62. The fourth-order valence-electron chi connectivity index (χ4n) is 3.86. The Kier molecular flexibility index (Phi) is 6.52. The lowest BCUT2D eigenvalue weighted by Gasteiger charge is -2.36. The Labute approximate surface area is 191 Å². The summed E-state index contributed by atoms with van der Waals surface area (Å²) in [6.45, 7) is 2.16. The van der Waals surface area contributed by atoms with Crippen molar-refractivity contribution in [2.24, 2.45) is 0 Å². The van der Waals surface area contributed by atoms with Gasteiger partial charge in [0.2, 0.25) is 0 Å². The highest BCUT2D eigenvalue weighted by atomic mass is 19.1. The molecule has 1 aliphatic rings. The highest BCUT2D eigenvalue weighted by molar-refractivity contribution is 5.94. The summed E-state index contributed by atoms with van der Waals surface area (Å²) in [6, 6.07) is 22.9. The largest absolute Gasteiger partial charge is 0.489 e. The number of piperazine rings is 1. The minimum Gasteiger partial charge on any atom is -0.489 e. The summed E-state index contributed by atoms with van der Waals surface area (Å²) < 4.78 is 19.8. The molecule has 7 heteroatoms. The van der Waals surface area contributed by atoms with Crippen LogP contribution in [0.3, 0.4) is 0 Å². The van der Waals surface area contributed by atoms with Crippen LogP contribution >= 0.6 is 0 Å². The quantitative estimate of drug-likeness (QED) is 0.597. The van der Waals surface area contributed by atoms with E-state index in [0.29, 0.717) is 48.7 Å². The molecule has 0 spiro atoms. The minimum absolute atomic E-state index is 0.0279. The summed E-state index contributed by atoms with van der Waals surface area (Å²) in [7, 11) is 0. The fourth-order valence-corrected chi connectivity index (χ4v) is 3.86. The van der Waals surface area contributed by atoms with Crippen LogP contribution < -0.4 is 9.64 Å². The van der Waals surface area contributed by atoms with E-state index in [0.717, 1.165) is 5.56 Å². The first-order valence-electron chi connectivity index (χ1n) is 10.5. The zero-order chi connectivity index (χ0) is 23.2. The van der Waals surface area contributed by atoms with Crippen molar-refractivity contribution in [1.29, 1.82) is 10.5 Å². The number of hydrogen-bond donors (Lipinski definition) is 0. The SMILES string of the molecule is N#Cc1ccccc1COc1cccc(C(=O)N2CCN(c3cccc(F)c3C#N)CC2)c1. The van der Waals surface area contributed by atoms with Gasteiger partial charge in [-0.05, 0) is 36.4 Å². The van der Waals surface area contributed by atoms with Gasteiger partial charge < -0.3 is 14.5 Å². The van der Waals surface area contributed by atoms with Crippen LogP contribution in [-0.2, 0) is 6.61 Å². The van der Waals surface area contributed by atoms with Gasteiger partial charge in [0, 0.05) is 37.3 Å². The van der Waals surface area contributed by atoms with Crippen LogP contribution in [0.15, 0.2) is 66.7 Å². The van der Waals surface area contributed by atoms with Crippen molar-refractivity contribution in [1.82, 2.24) is 4.90 Å². The Morgan fingerprint density at radius 2 is 1.70 bits per heavy atom. The van der Waals surface area contributed by atoms with E-state index in [2.05, 4.69) is 6.07 Å². The number of benzene rings is 3. The number of nitriles is 2. The molecule has 4 rings (SSSR count). The molecule has 0 radical (unpaired) electrons. The van der Waals surface area contributed by atoms with Gasteiger partial charge in [-0.15, -0.1) is 0 Å². The average Bonchev–Trinajstić information content (AvgIpc) is 2.87. The summed E-state index contributed by atoms with van der Waals surface area (Å²) >= 11 is 0. The molecular formula is C26H21FN4O2. The Morgan fingerprint density at radius 3 is 2.45 bits per heavy atom. The van der Waals surface area contributed by atoms with Crippen molar-refractivity contribution >= 4 is 11.6 Å². The molecule has 0 aliphatic carbocycles. The first-order valence-corrected chi connectivity index (χ1v) is 10.5. The number of amides is 1. The number of anilines is 1. The number of halogens is 1. The van der Waals surface area contributed by atoms with E-state index in [9.17, 15) is 19.7 Å². The second-order valence-corrected chi connectivity index (χ2v) is 7.61. The molecule has 0 unspecified atom stereocenters. The lowest BCUT2D eigenvalue weighted by molar-refractivity contribution is 0.0746. The molecule has 0 aromatic heterocycles. The molecule has 3 aromatic rings. The predicted octanol–water partition coefficient (Wildman–Crippen LogP) is 4.11. The summed E-state index contributed by atoms with van der Waals surface area (Å²) in [5, 5.41) is 18.5. The predicted molar refractivity (Wildman–Crippen MR) is 121 cm³/mol. The van der Waals surface area contributed by atoms with Gasteiger partial charge in [-0.3, -0.25) is 4.79 Å². The van der Waals surface area contributed by atoms with Crippen LogP contribution in [0.5, 0.6) is 5.75 Å². The molecule has 0 saturated carbocycles. The Balaban J connectivity index is 1.40. The van der Waals surface area contributed by atoms with E-state index >= 15 is 0 Å². The number of rotatable bonds is 5. The van der Waals surface area contributed by atoms with Crippen molar-refractivity contribution in [3.05, 3.63) is 94.8 Å². The van der Waals surface area contributed by atoms with Gasteiger partial charge in [-0.1, -0.05) is 30.3 Å². The maximum absolute atomic E-state index is 13.9. The second-order valence-electron chi connectivity index (χ2n) is 7.61. The van der Waals surface area contributed by atoms with E-state index in [-0.39, 0.29) is 18.1 Å². The van der Waals surface area contributed by atoms with Crippen LogP contribution in [-0.4, -0.2) is 37.0 Å². The average molecular weight is 440 g/mol. The van der Waals surface area contributed by atoms with Gasteiger partial charge >= 0.3 is 0 Å². The summed E-state index contributed by atoms with van der Waals surface area (Å²) in [5.74, 6) is -0.106. The molecular weight excluding hydrogens is 419 g/mol. The van der Waals surface area contributed by atoms with Gasteiger partial charge in [-0.25, -0.2) is 4.39 Å². The molecule has 33 heavy (non-hydrogen) atoms. The first kappa shape index (κ1) is 21.9.